The highest BCUT2D eigenvalue weighted by Crippen LogP contribution is 2.29. The van der Waals surface area contributed by atoms with Gasteiger partial charge in [-0.3, -0.25) is 0 Å². The molecule has 0 unspecified atom stereocenters. The summed E-state index contributed by atoms with van der Waals surface area (Å²) in [7, 11) is 1.62. The van der Waals surface area contributed by atoms with Gasteiger partial charge in [-0.2, -0.15) is 0 Å². The van der Waals surface area contributed by atoms with Crippen molar-refractivity contribution in [3.63, 3.8) is 0 Å². The van der Waals surface area contributed by atoms with Crippen molar-refractivity contribution in [1.82, 2.24) is 0 Å². The first-order valence-corrected chi connectivity index (χ1v) is 6.91. The van der Waals surface area contributed by atoms with E-state index in [1.54, 1.807) is 19.2 Å². The van der Waals surface area contributed by atoms with Crippen LogP contribution in [0, 0.1) is 5.82 Å². The quantitative estimate of drug-likeness (QED) is 0.863. The molecule has 0 amide bonds. The van der Waals surface area contributed by atoms with Gasteiger partial charge in [0.05, 0.1) is 13.2 Å². The smallest absolute Gasteiger partial charge is 0.161 e. The van der Waals surface area contributed by atoms with Gasteiger partial charge in [0.2, 0.25) is 0 Å². The molecule has 3 nitrogen and oxygen atoms in total. The summed E-state index contributed by atoms with van der Waals surface area (Å²) in [6.07, 6.45) is 0.0826. The summed E-state index contributed by atoms with van der Waals surface area (Å²) in [5.74, 6) is 1.21. The molecule has 0 aliphatic heterocycles. The van der Waals surface area contributed by atoms with Crippen molar-refractivity contribution in [3.8, 4) is 11.5 Å². The normalized spacial score (nSPS) is 10.5. The lowest BCUT2D eigenvalue weighted by atomic mass is 10.2. The van der Waals surface area contributed by atoms with Crippen molar-refractivity contribution in [2.45, 2.75) is 26.5 Å². The summed E-state index contributed by atoms with van der Waals surface area (Å²) >= 11 is 0. The van der Waals surface area contributed by atoms with E-state index >= 15 is 0 Å². The van der Waals surface area contributed by atoms with E-state index in [0.717, 1.165) is 17.0 Å². The summed E-state index contributed by atoms with van der Waals surface area (Å²) < 4.78 is 23.9. The van der Waals surface area contributed by atoms with Gasteiger partial charge in [0, 0.05) is 12.2 Å². The van der Waals surface area contributed by atoms with E-state index < -0.39 is 0 Å². The zero-order chi connectivity index (χ0) is 15.2. The summed E-state index contributed by atoms with van der Waals surface area (Å²) in [5, 5.41) is 3.24. The molecule has 2 rings (SSSR count). The largest absolute Gasteiger partial charge is 0.493 e. The topological polar surface area (TPSA) is 30.5 Å². The highest BCUT2D eigenvalue weighted by molar-refractivity contribution is 5.46. The number of methoxy groups -OCH3 is 1. The molecular weight excluding hydrogens is 269 g/mol. The molecule has 0 saturated heterocycles. The first kappa shape index (κ1) is 15.2. The minimum atomic E-state index is -0.238. The monoisotopic (exact) mass is 289 g/mol. The molecular formula is C17H20FNO2. The van der Waals surface area contributed by atoms with E-state index in [4.69, 9.17) is 9.47 Å². The Hall–Kier alpha value is -2.23. The molecule has 0 atom stereocenters. The van der Waals surface area contributed by atoms with Crippen molar-refractivity contribution in [2.24, 2.45) is 0 Å². The number of benzene rings is 2. The number of nitrogens with one attached hydrogen (secondary N) is 1. The molecule has 2 aromatic rings. The third kappa shape index (κ3) is 4.38. The Morgan fingerprint density at radius 3 is 2.38 bits per heavy atom. The molecule has 0 aliphatic rings. The lowest BCUT2D eigenvalue weighted by Crippen LogP contribution is -2.07. The van der Waals surface area contributed by atoms with E-state index in [0.29, 0.717) is 12.3 Å². The number of ether oxygens (including phenoxy) is 2. The molecule has 4 heteroatoms. The fourth-order valence-electron chi connectivity index (χ4n) is 1.95. The van der Waals surface area contributed by atoms with Gasteiger partial charge in [-0.1, -0.05) is 6.07 Å². The summed E-state index contributed by atoms with van der Waals surface area (Å²) in [4.78, 5) is 0. The first-order chi connectivity index (χ1) is 10.1. The maximum atomic E-state index is 12.8. The molecule has 0 fully saturated rings. The fourth-order valence-corrected chi connectivity index (χ4v) is 1.95. The molecule has 0 radical (unpaired) electrons. The van der Waals surface area contributed by atoms with Crippen molar-refractivity contribution in [2.75, 3.05) is 12.4 Å². The zero-order valence-electron chi connectivity index (χ0n) is 12.5. The van der Waals surface area contributed by atoms with Gasteiger partial charge >= 0.3 is 0 Å². The van der Waals surface area contributed by atoms with Gasteiger partial charge in [0.1, 0.15) is 5.82 Å². The van der Waals surface area contributed by atoms with Crippen LogP contribution in [0.5, 0.6) is 11.5 Å². The van der Waals surface area contributed by atoms with E-state index in [1.165, 1.54) is 12.1 Å². The Morgan fingerprint density at radius 1 is 1.05 bits per heavy atom. The van der Waals surface area contributed by atoms with Crippen LogP contribution in [-0.2, 0) is 6.54 Å². The van der Waals surface area contributed by atoms with Crippen molar-refractivity contribution in [3.05, 3.63) is 53.8 Å². The van der Waals surface area contributed by atoms with Gasteiger partial charge in [0.15, 0.2) is 11.5 Å². The molecule has 0 bridgehead atoms. The number of hydrogen-bond acceptors (Lipinski definition) is 3. The molecule has 0 heterocycles. The maximum absolute atomic E-state index is 12.8. The average molecular weight is 289 g/mol. The summed E-state index contributed by atoms with van der Waals surface area (Å²) in [6.45, 7) is 4.58. The standard InChI is InChI=1S/C17H20FNO2/c1-12(2)21-17-10-13(4-9-16(17)20-3)11-19-15-7-5-14(18)6-8-15/h4-10,12,19H,11H2,1-3H3. The Bertz CT molecular complexity index is 582. The second kappa shape index (κ2) is 6.97. The Morgan fingerprint density at radius 2 is 1.76 bits per heavy atom. The van der Waals surface area contributed by atoms with Crippen LogP contribution in [0.25, 0.3) is 0 Å². The predicted molar refractivity (Wildman–Crippen MR) is 82.5 cm³/mol. The van der Waals surface area contributed by atoms with E-state index in [-0.39, 0.29) is 11.9 Å². The Labute approximate surface area is 124 Å². The highest BCUT2D eigenvalue weighted by Gasteiger charge is 2.07. The van der Waals surface area contributed by atoms with Gasteiger partial charge < -0.3 is 14.8 Å². The van der Waals surface area contributed by atoms with E-state index in [9.17, 15) is 4.39 Å². The highest BCUT2D eigenvalue weighted by atomic mass is 19.1. The second-order valence-electron chi connectivity index (χ2n) is 5.01. The van der Waals surface area contributed by atoms with Gasteiger partial charge in [0.25, 0.3) is 0 Å². The first-order valence-electron chi connectivity index (χ1n) is 6.91. The van der Waals surface area contributed by atoms with Gasteiger partial charge in [-0.15, -0.1) is 0 Å². The molecule has 0 saturated carbocycles. The Balaban J connectivity index is 2.07. The van der Waals surface area contributed by atoms with Crippen LogP contribution in [0.3, 0.4) is 0 Å². The van der Waals surface area contributed by atoms with Crippen molar-refractivity contribution < 1.29 is 13.9 Å². The summed E-state index contributed by atoms with van der Waals surface area (Å²) in [5.41, 5.74) is 1.94. The van der Waals surface area contributed by atoms with Crippen molar-refractivity contribution >= 4 is 5.69 Å². The molecule has 112 valence electrons. The number of halogens is 1. The molecule has 0 spiro atoms. The van der Waals surface area contributed by atoms with E-state index in [1.807, 2.05) is 32.0 Å². The maximum Gasteiger partial charge on any atom is 0.161 e. The third-order valence-corrected chi connectivity index (χ3v) is 2.93. The van der Waals surface area contributed by atoms with Crippen LogP contribution in [0.2, 0.25) is 0 Å². The predicted octanol–water partition coefficient (Wildman–Crippen LogP) is 4.23. The SMILES string of the molecule is COc1ccc(CNc2ccc(F)cc2)cc1OC(C)C. The molecule has 21 heavy (non-hydrogen) atoms. The van der Waals surface area contributed by atoms with Crippen LogP contribution in [0.1, 0.15) is 19.4 Å². The van der Waals surface area contributed by atoms with Crippen LogP contribution in [0.15, 0.2) is 42.5 Å². The second-order valence-corrected chi connectivity index (χ2v) is 5.01. The van der Waals surface area contributed by atoms with Gasteiger partial charge in [-0.05, 0) is 55.8 Å². The fraction of sp³-hybridized carbons (Fsp3) is 0.294. The molecule has 0 aromatic heterocycles. The third-order valence-electron chi connectivity index (χ3n) is 2.93. The van der Waals surface area contributed by atoms with Crippen molar-refractivity contribution in [1.29, 1.82) is 0 Å². The summed E-state index contributed by atoms with van der Waals surface area (Å²) in [6, 6.07) is 12.1. The van der Waals surface area contributed by atoms with Crippen LogP contribution in [0.4, 0.5) is 10.1 Å². The molecule has 1 N–H and O–H groups in total. The molecule has 2 aromatic carbocycles. The van der Waals surface area contributed by atoms with Crippen LogP contribution < -0.4 is 14.8 Å². The van der Waals surface area contributed by atoms with Crippen LogP contribution >= 0.6 is 0 Å². The zero-order valence-corrected chi connectivity index (χ0v) is 12.5. The minimum absolute atomic E-state index is 0.0826. The lowest BCUT2D eigenvalue weighted by Gasteiger charge is -2.15. The number of hydrogen-bond donors (Lipinski definition) is 1. The van der Waals surface area contributed by atoms with Gasteiger partial charge in [-0.25, -0.2) is 4.39 Å². The lowest BCUT2D eigenvalue weighted by molar-refractivity contribution is 0.230. The number of anilines is 1. The molecule has 0 aliphatic carbocycles. The number of rotatable bonds is 6. The minimum Gasteiger partial charge on any atom is -0.493 e. The van der Waals surface area contributed by atoms with E-state index in [2.05, 4.69) is 5.32 Å². The Kier molecular flexibility index (Phi) is 5.04. The average Bonchev–Trinajstić information content (AvgIpc) is 2.46. The van der Waals surface area contributed by atoms with Crippen LogP contribution in [-0.4, -0.2) is 13.2 Å².